The van der Waals surface area contributed by atoms with Crippen LogP contribution in [-0.2, 0) is 17.9 Å². The minimum absolute atomic E-state index is 0.0609. The van der Waals surface area contributed by atoms with E-state index >= 15 is 0 Å². The van der Waals surface area contributed by atoms with Gasteiger partial charge < -0.3 is 11.5 Å². The first-order valence-corrected chi connectivity index (χ1v) is 12.3. The number of piperazine rings is 2. The number of nitrogens with two attached hydrogens (primary N) is 2. The van der Waals surface area contributed by atoms with Crippen molar-refractivity contribution in [2.75, 3.05) is 63.8 Å². The molecule has 4 rings (SSSR count). The fraction of sp³-hybridized carbons (Fsp3) is 0.560. The molecule has 184 valence electrons. The summed E-state index contributed by atoms with van der Waals surface area (Å²) in [7, 11) is 0. The average molecular weight is 467 g/mol. The molecule has 2 unspecified atom stereocenters. The average Bonchev–Trinajstić information content (AvgIpc) is 2.86. The second kappa shape index (κ2) is 11.2. The second-order valence-electron chi connectivity index (χ2n) is 9.56. The van der Waals surface area contributed by atoms with E-state index < -0.39 is 0 Å². The lowest BCUT2D eigenvalue weighted by Gasteiger charge is -2.41. The Labute approximate surface area is 202 Å². The molecule has 0 aromatic carbocycles. The Bertz CT molecular complexity index is 843. The lowest BCUT2D eigenvalue weighted by Crippen LogP contribution is -2.57. The summed E-state index contributed by atoms with van der Waals surface area (Å²) < 4.78 is 0. The van der Waals surface area contributed by atoms with E-state index in [2.05, 4.69) is 43.4 Å². The number of carbonyl (C=O) groups excluding carboxylic acids is 1. The van der Waals surface area contributed by atoms with Crippen LogP contribution in [0.5, 0.6) is 0 Å². The quantitative estimate of drug-likeness (QED) is 0.587. The summed E-state index contributed by atoms with van der Waals surface area (Å²) in [6.07, 6.45) is 3.70. The van der Waals surface area contributed by atoms with Crippen LogP contribution < -0.4 is 11.5 Å². The summed E-state index contributed by atoms with van der Waals surface area (Å²) in [5.41, 5.74) is 13.7. The van der Waals surface area contributed by atoms with Crippen molar-refractivity contribution in [3.05, 3.63) is 47.8 Å². The normalized spacial score (nSPS) is 20.8. The van der Waals surface area contributed by atoms with Crippen LogP contribution in [0.4, 0.5) is 11.6 Å². The van der Waals surface area contributed by atoms with Gasteiger partial charge in [0.15, 0.2) is 5.78 Å². The fourth-order valence-electron chi connectivity index (χ4n) is 4.90. The Morgan fingerprint density at radius 3 is 1.44 bits per heavy atom. The molecular formula is C25H38N8O. The highest BCUT2D eigenvalue weighted by Gasteiger charge is 2.32. The highest BCUT2D eigenvalue weighted by Crippen LogP contribution is 2.16. The summed E-state index contributed by atoms with van der Waals surface area (Å²) >= 11 is 0. The number of pyridine rings is 2. The third-order valence-corrected chi connectivity index (χ3v) is 7.24. The molecule has 2 atom stereocenters. The molecule has 2 aliphatic heterocycles. The zero-order chi connectivity index (χ0) is 24.1. The summed E-state index contributed by atoms with van der Waals surface area (Å²) in [4.78, 5) is 31.2. The first-order valence-electron chi connectivity index (χ1n) is 12.3. The third-order valence-electron chi connectivity index (χ3n) is 7.24. The minimum Gasteiger partial charge on any atom is -0.384 e. The molecule has 2 aliphatic rings. The number of rotatable bonds is 8. The van der Waals surface area contributed by atoms with Crippen molar-refractivity contribution in [3.63, 3.8) is 0 Å². The van der Waals surface area contributed by atoms with E-state index in [0.29, 0.717) is 17.4 Å². The van der Waals surface area contributed by atoms with Crippen molar-refractivity contribution in [1.29, 1.82) is 0 Å². The van der Waals surface area contributed by atoms with Gasteiger partial charge in [-0.1, -0.05) is 12.1 Å². The number of carbonyl (C=O) groups is 1. The lowest BCUT2D eigenvalue weighted by molar-refractivity contribution is -0.130. The van der Waals surface area contributed by atoms with Gasteiger partial charge >= 0.3 is 0 Å². The van der Waals surface area contributed by atoms with Crippen molar-refractivity contribution >= 4 is 17.4 Å². The maximum Gasteiger partial charge on any atom is 0.166 e. The largest absolute Gasteiger partial charge is 0.384 e. The maximum absolute atomic E-state index is 13.3. The molecule has 2 fully saturated rings. The smallest absolute Gasteiger partial charge is 0.166 e. The van der Waals surface area contributed by atoms with E-state index in [1.165, 1.54) is 11.1 Å². The standard InChI is InChI=1S/C25H38N8O/c1-19(32-11-7-30(8-12-32)17-21-3-5-23(26)28-15-21)25(34)20(2)33-13-9-31(10-14-33)18-22-4-6-24(27)29-16-22/h3-6,15-16,19-20H,7-14,17-18H2,1-2H3,(H2,26,28)(H2,27,29). The summed E-state index contributed by atoms with van der Waals surface area (Å²) in [5, 5.41) is 0. The third kappa shape index (κ3) is 6.29. The molecule has 2 saturated heterocycles. The molecule has 2 aromatic rings. The van der Waals surface area contributed by atoms with Gasteiger partial charge in [0.05, 0.1) is 12.1 Å². The van der Waals surface area contributed by atoms with Crippen LogP contribution >= 0.6 is 0 Å². The Balaban J connectivity index is 1.20. The van der Waals surface area contributed by atoms with Crippen LogP contribution in [0.15, 0.2) is 36.7 Å². The summed E-state index contributed by atoms with van der Waals surface area (Å²) in [6.45, 7) is 13.3. The molecule has 9 heteroatoms. The SMILES string of the molecule is CC(C(=O)C(C)N1CCN(Cc2ccc(N)nc2)CC1)N1CCN(Cc2ccc(N)nc2)CC1. The maximum atomic E-state index is 13.3. The van der Waals surface area contributed by atoms with Crippen molar-refractivity contribution < 1.29 is 4.79 Å². The minimum atomic E-state index is -0.0609. The topological polar surface area (TPSA) is 108 Å². The van der Waals surface area contributed by atoms with Crippen LogP contribution in [0.2, 0.25) is 0 Å². The van der Waals surface area contributed by atoms with E-state index in [-0.39, 0.29) is 12.1 Å². The van der Waals surface area contributed by atoms with Crippen LogP contribution in [0, 0.1) is 0 Å². The Morgan fingerprint density at radius 1 is 0.735 bits per heavy atom. The zero-order valence-electron chi connectivity index (χ0n) is 20.4. The molecule has 0 amide bonds. The van der Waals surface area contributed by atoms with E-state index in [1.54, 1.807) is 0 Å². The van der Waals surface area contributed by atoms with E-state index in [0.717, 1.165) is 65.4 Å². The number of aromatic nitrogens is 2. The molecule has 9 nitrogen and oxygen atoms in total. The molecular weight excluding hydrogens is 428 g/mol. The van der Waals surface area contributed by atoms with Gasteiger partial charge in [-0.05, 0) is 37.1 Å². The zero-order valence-corrected chi connectivity index (χ0v) is 20.4. The molecule has 0 saturated carbocycles. The van der Waals surface area contributed by atoms with Gasteiger partial charge in [-0.3, -0.25) is 24.4 Å². The van der Waals surface area contributed by atoms with E-state index in [9.17, 15) is 4.79 Å². The van der Waals surface area contributed by atoms with Crippen molar-refractivity contribution in [2.24, 2.45) is 0 Å². The van der Waals surface area contributed by atoms with Crippen LogP contribution in [0.3, 0.4) is 0 Å². The lowest BCUT2D eigenvalue weighted by atomic mass is 10.0. The monoisotopic (exact) mass is 466 g/mol. The molecule has 0 bridgehead atoms. The Morgan fingerprint density at radius 2 is 1.12 bits per heavy atom. The second-order valence-corrected chi connectivity index (χ2v) is 9.56. The van der Waals surface area contributed by atoms with E-state index in [4.69, 9.17) is 11.5 Å². The molecule has 2 aromatic heterocycles. The van der Waals surface area contributed by atoms with Crippen LogP contribution in [-0.4, -0.2) is 99.8 Å². The fourth-order valence-corrected chi connectivity index (χ4v) is 4.90. The molecule has 0 aliphatic carbocycles. The highest BCUT2D eigenvalue weighted by atomic mass is 16.1. The van der Waals surface area contributed by atoms with Gasteiger partial charge in [-0.2, -0.15) is 0 Å². The van der Waals surface area contributed by atoms with Gasteiger partial charge in [0, 0.05) is 77.8 Å². The molecule has 0 radical (unpaired) electrons. The van der Waals surface area contributed by atoms with Gasteiger partial charge in [-0.25, -0.2) is 9.97 Å². The van der Waals surface area contributed by atoms with E-state index in [1.807, 2.05) is 36.7 Å². The van der Waals surface area contributed by atoms with Gasteiger partial charge in [0.2, 0.25) is 0 Å². The van der Waals surface area contributed by atoms with Crippen molar-refractivity contribution in [3.8, 4) is 0 Å². The molecule has 4 heterocycles. The number of anilines is 2. The first-order chi connectivity index (χ1) is 16.4. The Hall–Kier alpha value is -2.59. The molecule has 34 heavy (non-hydrogen) atoms. The van der Waals surface area contributed by atoms with Crippen LogP contribution in [0.1, 0.15) is 25.0 Å². The van der Waals surface area contributed by atoms with Gasteiger partial charge in [0.1, 0.15) is 11.6 Å². The van der Waals surface area contributed by atoms with Gasteiger partial charge in [-0.15, -0.1) is 0 Å². The Kier molecular flexibility index (Phi) is 8.10. The predicted octanol–water partition coefficient (Wildman–Crippen LogP) is 0.923. The van der Waals surface area contributed by atoms with Crippen molar-refractivity contribution in [2.45, 2.75) is 39.0 Å². The van der Waals surface area contributed by atoms with Gasteiger partial charge in [0.25, 0.3) is 0 Å². The number of nitrogen functional groups attached to an aromatic ring is 2. The first kappa shape index (κ1) is 24.5. The number of Topliss-reactive ketones (excluding diaryl/α,β-unsaturated/α-hetero) is 1. The summed E-state index contributed by atoms with van der Waals surface area (Å²) in [6, 6.07) is 7.65. The molecule has 4 N–H and O–H groups in total. The number of hydrogen-bond donors (Lipinski definition) is 2. The van der Waals surface area contributed by atoms with Crippen molar-refractivity contribution in [1.82, 2.24) is 29.6 Å². The number of hydrogen-bond acceptors (Lipinski definition) is 9. The van der Waals surface area contributed by atoms with Crippen LogP contribution in [0.25, 0.3) is 0 Å². The predicted molar refractivity (Wildman–Crippen MR) is 135 cm³/mol. The highest BCUT2D eigenvalue weighted by molar-refractivity contribution is 5.88. The number of nitrogens with zero attached hydrogens (tertiary/aromatic N) is 6. The number of ketones is 1. The molecule has 0 spiro atoms. The summed E-state index contributed by atoms with van der Waals surface area (Å²) in [5.74, 6) is 1.43.